The normalized spacial score (nSPS) is 27.0. The fourth-order valence-corrected chi connectivity index (χ4v) is 3.44. The molecule has 1 spiro atoms. The van der Waals surface area contributed by atoms with E-state index in [4.69, 9.17) is 4.74 Å². The van der Waals surface area contributed by atoms with Gasteiger partial charge in [-0.2, -0.15) is 0 Å². The van der Waals surface area contributed by atoms with Gasteiger partial charge in [0.15, 0.2) is 0 Å². The van der Waals surface area contributed by atoms with Crippen LogP contribution >= 0.6 is 0 Å². The predicted octanol–water partition coefficient (Wildman–Crippen LogP) is 1.21. The van der Waals surface area contributed by atoms with E-state index in [1.54, 1.807) is 19.0 Å². The smallest absolute Gasteiger partial charge is 0.319 e. The molecule has 0 bridgehead atoms. The third kappa shape index (κ3) is 3.37. The summed E-state index contributed by atoms with van der Waals surface area (Å²) < 4.78 is 6.13. The van der Waals surface area contributed by atoms with Crippen molar-refractivity contribution in [3.8, 4) is 0 Å². The van der Waals surface area contributed by atoms with E-state index in [1.807, 2.05) is 4.90 Å². The van der Waals surface area contributed by atoms with E-state index in [1.165, 1.54) is 12.8 Å². The highest BCUT2D eigenvalue weighted by Crippen LogP contribution is 2.39. The molecule has 124 valence electrons. The molecule has 2 heterocycles. The molecule has 2 aliphatic heterocycles. The summed E-state index contributed by atoms with van der Waals surface area (Å²) in [7, 11) is 3.55. The summed E-state index contributed by atoms with van der Waals surface area (Å²) in [6.07, 6.45) is 5.58. The van der Waals surface area contributed by atoms with Crippen molar-refractivity contribution in [2.75, 3.05) is 33.7 Å². The molecule has 1 atom stereocenters. The zero-order valence-electron chi connectivity index (χ0n) is 13.6. The number of rotatable bonds is 3. The predicted molar refractivity (Wildman–Crippen MR) is 82.5 cm³/mol. The molecule has 0 aromatic rings. The SMILES string of the molecule is CN(C)C(=O)N1CCC2(CC[C@@H](C(=O)NCC3CC3)O2)CC1. The number of urea groups is 1. The molecule has 6 nitrogen and oxygen atoms in total. The first-order valence-corrected chi connectivity index (χ1v) is 8.41. The number of amides is 3. The van der Waals surface area contributed by atoms with Gasteiger partial charge in [-0.25, -0.2) is 4.79 Å². The highest BCUT2D eigenvalue weighted by Gasteiger charge is 2.45. The van der Waals surface area contributed by atoms with Gasteiger partial charge in [-0.05, 0) is 44.4 Å². The molecule has 3 fully saturated rings. The van der Waals surface area contributed by atoms with Gasteiger partial charge in [0.1, 0.15) is 6.10 Å². The molecule has 3 amide bonds. The quantitative estimate of drug-likeness (QED) is 0.852. The Morgan fingerprint density at radius 2 is 1.86 bits per heavy atom. The minimum Gasteiger partial charge on any atom is -0.362 e. The Hall–Kier alpha value is -1.30. The van der Waals surface area contributed by atoms with Gasteiger partial charge < -0.3 is 19.9 Å². The third-order valence-corrected chi connectivity index (χ3v) is 5.14. The Bertz CT molecular complexity index is 440. The number of nitrogens with one attached hydrogen (secondary N) is 1. The van der Waals surface area contributed by atoms with E-state index >= 15 is 0 Å². The van der Waals surface area contributed by atoms with Gasteiger partial charge >= 0.3 is 6.03 Å². The van der Waals surface area contributed by atoms with Crippen LogP contribution in [0.2, 0.25) is 0 Å². The van der Waals surface area contributed by atoms with Crippen molar-refractivity contribution in [2.24, 2.45) is 5.92 Å². The van der Waals surface area contributed by atoms with Crippen LogP contribution in [0.15, 0.2) is 0 Å². The molecule has 1 saturated carbocycles. The number of piperidine rings is 1. The van der Waals surface area contributed by atoms with Crippen LogP contribution in [0, 0.1) is 5.92 Å². The van der Waals surface area contributed by atoms with Crippen molar-refractivity contribution >= 4 is 11.9 Å². The average molecular weight is 309 g/mol. The lowest BCUT2D eigenvalue weighted by Crippen LogP contribution is -2.50. The summed E-state index contributed by atoms with van der Waals surface area (Å²) in [5, 5.41) is 3.02. The van der Waals surface area contributed by atoms with Gasteiger partial charge in [0, 0.05) is 33.7 Å². The van der Waals surface area contributed by atoms with Crippen molar-refractivity contribution < 1.29 is 14.3 Å². The monoisotopic (exact) mass is 309 g/mol. The van der Waals surface area contributed by atoms with E-state index in [9.17, 15) is 9.59 Å². The minimum absolute atomic E-state index is 0.0515. The number of carbonyl (C=O) groups is 2. The number of carbonyl (C=O) groups excluding carboxylic acids is 2. The summed E-state index contributed by atoms with van der Waals surface area (Å²) in [6, 6.07) is 0.0616. The van der Waals surface area contributed by atoms with Crippen LogP contribution < -0.4 is 5.32 Å². The summed E-state index contributed by atoms with van der Waals surface area (Å²) in [4.78, 5) is 27.6. The maximum Gasteiger partial charge on any atom is 0.319 e. The molecule has 1 aliphatic carbocycles. The first kappa shape index (κ1) is 15.6. The zero-order valence-corrected chi connectivity index (χ0v) is 13.6. The van der Waals surface area contributed by atoms with Gasteiger partial charge in [0.2, 0.25) is 5.91 Å². The first-order valence-electron chi connectivity index (χ1n) is 8.41. The number of nitrogens with zero attached hydrogens (tertiary/aromatic N) is 2. The van der Waals surface area contributed by atoms with Gasteiger partial charge in [-0.1, -0.05) is 0 Å². The Balaban J connectivity index is 1.47. The average Bonchev–Trinajstić information content (AvgIpc) is 3.26. The molecular weight excluding hydrogens is 282 g/mol. The molecule has 0 aromatic heterocycles. The number of hydrogen-bond acceptors (Lipinski definition) is 3. The maximum atomic E-state index is 12.2. The van der Waals surface area contributed by atoms with Gasteiger partial charge in [0.05, 0.1) is 5.60 Å². The topological polar surface area (TPSA) is 61.9 Å². The highest BCUT2D eigenvalue weighted by molar-refractivity contribution is 5.81. The molecule has 1 N–H and O–H groups in total. The summed E-state index contributed by atoms with van der Waals surface area (Å²) in [6.45, 7) is 2.23. The van der Waals surface area contributed by atoms with E-state index < -0.39 is 0 Å². The van der Waals surface area contributed by atoms with Crippen LogP contribution in [-0.2, 0) is 9.53 Å². The van der Waals surface area contributed by atoms with Crippen molar-refractivity contribution in [2.45, 2.75) is 50.2 Å². The Morgan fingerprint density at radius 3 is 2.45 bits per heavy atom. The van der Waals surface area contributed by atoms with Gasteiger partial charge in [0.25, 0.3) is 0 Å². The largest absolute Gasteiger partial charge is 0.362 e. The van der Waals surface area contributed by atoms with Crippen LogP contribution in [0.1, 0.15) is 38.5 Å². The zero-order chi connectivity index (χ0) is 15.7. The molecule has 22 heavy (non-hydrogen) atoms. The second-order valence-corrected chi connectivity index (χ2v) is 7.18. The number of likely N-dealkylation sites (tertiary alicyclic amines) is 1. The van der Waals surface area contributed by atoms with Crippen molar-refractivity contribution in [1.29, 1.82) is 0 Å². The number of ether oxygens (including phenoxy) is 1. The molecule has 2 saturated heterocycles. The summed E-state index contributed by atoms with van der Waals surface area (Å²) in [5.41, 5.74) is -0.190. The molecule has 3 aliphatic rings. The fourth-order valence-electron chi connectivity index (χ4n) is 3.44. The second-order valence-electron chi connectivity index (χ2n) is 7.18. The van der Waals surface area contributed by atoms with Crippen LogP contribution in [0.3, 0.4) is 0 Å². The van der Waals surface area contributed by atoms with Gasteiger partial charge in [-0.15, -0.1) is 0 Å². The van der Waals surface area contributed by atoms with E-state index in [2.05, 4.69) is 5.32 Å². The second kappa shape index (κ2) is 6.07. The van der Waals surface area contributed by atoms with Crippen LogP contribution in [0.5, 0.6) is 0 Å². The standard InChI is InChI=1S/C16H27N3O3/c1-18(2)15(21)19-9-7-16(8-10-19)6-5-13(22-16)14(20)17-11-12-3-4-12/h12-13H,3-11H2,1-2H3,(H,17,20)/t13-/m0/s1. The van der Waals surface area contributed by atoms with Crippen molar-refractivity contribution in [3.05, 3.63) is 0 Å². The Morgan fingerprint density at radius 1 is 1.18 bits per heavy atom. The summed E-state index contributed by atoms with van der Waals surface area (Å²) in [5.74, 6) is 0.746. The highest BCUT2D eigenvalue weighted by atomic mass is 16.5. The van der Waals surface area contributed by atoms with E-state index in [0.717, 1.165) is 32.2 Å². The first-order chi connectivity index (χ1) is 10.5. The summed E-state index contributed by atoms with van der Waals surface area (Å²) >= 11 is 0. The molecule has 0 radical (unpaired) electrons. The molecule has 0 aromatic carbocycles. The molecule has 0 unspecified atom stereocenters. The van der Waals surface area contributed by atoms with Crippen molar-refractivity contribution in [1.82, 2.24) is 15.1 Å². The van der Waals surface area contributed by atoms with Gasteiger partial charge in [-0.3, -0.25) is 4.79 Å². The maximum absolute atomic E-state index is 12.2. The lowest BCUT2D eigenvalue weighted by Gasteiger charge is -2.39. The van der Waals surface area contributed by atoms with Crippen LogP contribution in [0.25, 0.3) is 0 Å². The molecule has 6 heteroatoms. The van der Waals surface area contributed by atoms with Crippen LogP contribution in [-0.4, -0.2) is 67.2 Å². The van der Waals surface area contributed by atoms with E-state index in [0.29, 0.717) is 19.0 Å². The molecule has 3 rings (SSSR count). The minimum atomic E-state index is -0.296. The Labute approximate surface area is 132 Å². The lowest BCUT2D eigenvalue weighted by molar-refractivity contribution is -0.140. The van der Waals surface area contributed by atoms with E-state index in [-0.39, 0.29) is 23.6 Å². The third-order valence-electron chi connectivity index (χ3n) is 5.14. The number of hydrogen-bond donors (Lipinski definition) is 1. The molecular formula is C16H27N3O3. The lowest BCUT2D eigenvalue weighted by atomic mass is 9.88. The fraction of sp³-hybridized carbons (Fsp3) is 0.875. The van der Waals surface area contributed by atoms with Crippen molar-refractivity contribution in [3.63, 3.8) is 0 Å². The Kier molecular flexibility index (Phi) is 4.30. The van der Waals surface area contributed by atoms with Crippen LogP contribution in [0.4, 0.5) is 4.79 Å².